The van der Waals surface area contributed by atoms with Crippen molar-refractivity contribution < 1.29 is 18.0 Å². The minimum Gasteiger partial charge on any atom is -0.308 e. The molecule has 0 bridgehead atoms. The minimum absolute atomic E-state index is 0.0176. The van der Waals surface area contributed by atoms with Crippen molar-refractivity contribution in [3.8, 4) is 0 Å². The van der Waals surface area contributed by atoms with E-state index in [2.05, 4.69) is 6.58 Å². The van der Waals surface area contributed by atoms with Gasteiger partial charge in [0, 0.05) is 18.2 Å². The van der Waals surface area contributed by atoms with Crippen molar-refractivity contribution in [2.75, 3.05) is 11.4 Å². The number of carbonyl (C=O) groups is 1. The van der Waals surface area contributed by atoms with E-state index in [-0.39, 0.29) is 17.7 Å². The van der Waals surface area contributed by atoms with Crippen molar-refractivity contribution in [2.45, 2.75) is 18.5 Å². The molecule has 5 heteroatoms. The number of benzene rings is 2. The zero-order chi connectivity index (χ0) is 18.0. The molecule has 0 radical (unpaired) electrons. The molecule has 130 valence electrons. The lowest BCUT2D eigenvalue weighted by Crippen LogP contribution is -2.32. The van der Waals surface area contributed by atoms with E-state index in [1.165, 1.54) is 12.1 Å². The molecule has 2 unspecified atom stereocenters. The second-order valence-corrected chi connectivity index (χ2v) is 6.14. The van der Waals surface area contributed by atoms with Gasteiger partial charge < -0.3 is 4.90 Å². The number of hydrogen-bond acceptors (Lipinski definition) is 1. The molecule has 3 rings (SSSR count). The van der Waals surface area contributed by atoms with E-state index in [9.17, 15) is 18.0 Å². The lowest BCUT2D eigenvalue weighted by atomic mass is 10.1. The third-order valence-electron chi connectivity index (χ3n) is 4.42. The number of amides is 1. The van der Waals surface area contributed by atoms with E-state index in [0.717, 1.165) is 23.4 Å². The van der Waals surface area contributed by atoms with Gasteiger partial charge >= 0.3 is 6.18 Å². The van der Waals surface area contributed by atoms with Crippen LogP contribution >= 0.6 is 0 Å². The molecule has 25 heavy (non-hydrogen) atoms. The SMILES string of the molecule is C=CCN(C(=O)C1CC1c1ccc(C(F)(F)F)cc1)c1ccccc1. The predicted molar refractivity (Wildman–Crippen MR) is 91.3 cm³/mol. The Balaban J connectivity index is 1.73. The summed E-state index contributed by atoms with van der Waals surface area (Å²) in [6, 6.07) is 14.4. The lowest BCUT2D eigenvalue weighted by molar-refractivity contribution is -0.137. The Hall–Kier alpha value is -2.56. The van der Waals surface area contributed by atoms with Crippen LogP contribution in [0.5, 0.6) is 0 Å². The second-order valence-electron chi connectivity index (χ2n) is 6.14. The number of halogens is 3. The van der Waals surface area contributed by atoms with Crippen LogP contribution in [-0.2, 0) is 11.0 Å². The van der Waals surface area contributed by atoms with E-state index < -0.39 is 11.7 Å². The van der Waals surface area contributed by atoms with Gasteiger partial charge in [-0.1, -0.05) is 36.4 Å². The van der Waals surface area contributed by atoms with Crippen molar-refractivity contribution in [1.29, 1.82) is 0 Å². The fourth-order valence-electron chi connectivity index (χ4n) is 3.02. The summed E-state index contributed by atoms with van der Waals surface area (Å²) in [5.41, 5.74) is 0.904. The van der Waals surface area contributed by atoms with E-state index in [0.29, 0.717) is 13.0 Å². The standard InChI is InChI=1S/C20H18F3NO/c1-2-12-24(16-6-4-3-5-7-16)19(25)18-13-17(18)14-8-10-15(11-9-14)20(21,22)23/h2-11,17-18H,1,12-13H2. The smallest absolute Gasteiger partial charge is 0.308 e. The maximum Gasteiger partial charge on any atom is 0.416 e. The molecule has 0 aromatic heterocycles. The van der Waals surface area contributed by atoms with Crippen LogP contribution in [-0.4, -0.2) is 12.5 Å². The molecule has 1 aliphatic rings. The van der Waals surface area contributed by atoms with Gasteiger partial charge in [0.25, 0.3) is 0 Å². The van der Waals surface area contributed by atoms with Crippen LogP contribution in [0, 0.1) is 5.92 Å². The van der Waals surface area contributed by atoms with Gasteiger partial charge in [-0.3, -0.25) is 4.79 Å². The van der Waals surface area contributed by atoms with Gasteiger partial charge in [-0.25, -0.2) is 0 Å². The van der Waals surface area contributed by atoms with Crippen LogP contribution in [0.4, 0.5) is 18.9 Å². The first-order valence-electron chi connectivity index (χ1n) is 8.06. The number of hydrogen-bond donors (Lipinski definition) is 0. The van der Waals surface area contributed by atoms with Crippen LogP contribution in [0.3, 0.4) is 0 Å². The molecule has 2 aromatic rings. The molecule has 0 aliphatic heterocycles. The van der Waals surface area contributed by atoms with Gasteiger partial charge in [0.1, 0.15) is 0 Å². The van der Waals surface area contributed by atoms with E-state index in [1.54, 1.807) is 11.0 Å². The summed E-state index contributed by atoms with van der Waals surface area (Å²) in [7, 11) is 0. The normalized spacial score (nSPS) is 19.3. The maximum atomic E-state index is 12.8. The molecule has 1 fully saturated rings. The van der Waals surface area contributed by atoms with Crippen molar-refractivity contribution >= 4 is 11.6 Å². The Morgan fingerprint density at radius 2 is 1.76 bits per heavy atom. The van der Waals surface area contributed by atoms with Crippen LogP contribution < -0.4 is 4.90 Å². The quantitative estimate of drug-likeness (QED) is 0.696. The molecule has 0 N–H and O–H groups in total. The largest absolute Gasteiger partial charge is 0.416 e. The number of rotatable bonds is 5. The van der Waals surface area contributed by atoms with E-state index in [1.807, 2.05) is 30.3 Å². The highest BCUT2D eigenvalue weighted by molar-refractivity contribution is 5.97. The zero-order valence-corrected chi connectivity index (χ0v) is 13.5. The average Bonchev–Trinajstić information content (AvgIpc) is 3.40. The molecule has 0 heterocycles. The van der Waals surface area contributed by atoms with Crippen LogP contribution in [0.1, 0.15) is 23.5 Å². The van der Waals surface area contributed by atoms with Gasteiger partial charge in [0.2, 0.25) is 5.91 Å². The molecule has 0 spiro atoms. The Kier molecular flexibility index (Phi) is 4.66. The van der Waals surface area contributed by atoms with Gasteiger partial charge in [-0.2, -0.15) is 13.2 Å². The van der Waals surface area contributed by atoms with E-state index in [4.69, 9.17) is 0 Å². The molecular formula is C20H18F3NO. The lowest BCUT2D eigenvalue weighted by Gasteiger charge is -2.21. The monoisotopic (exact) mass is 345 g/mol. The van der Waals surface area contributed by atoms with Gasteiger partial charge in [0.05, 0.1) is 5.56 Å². The Labute approximate surface area is 144 Å². The third kappa shape index (κ3) is 3.76. The summed E-state index contributed by atoms with van der Waals surface area (Å²) >= 11 is 0. The first-order valence-corrected chi connectivity index (χ1v) is 8.06. The van der Waals surface area contributed by atoms with E-state index >= 15 is 0 Å². The number of anilines is 1. The second kappa shape index (κ2) is 6.75. The number of nitrogens with zero attached hydrogens (tertiary/aromatic N) is 1. The first-order chi connectivity index (χ1) is 11.9. The highest BCUT2D eigenvalue weighted by Crippen LogP contribution is 2.49. The van der Waals surface area contributed by atoms with Gasteiger partial charge in [-0.15, -0.1) is 6.58 Å². The summed E-state index contributed by atoms with van der Waals surface area (Å²) in [6.45, 7) is 4.10. The number of alkyl halides is 3. The predicted octanol–water partition coefficient (Wildman–Crippen LogP) is 5.03. The summed E-state index contributed by atoms with van der Waals surface area (Å²) in [5, 5.41) is 0. The molecule has 2 aromatic carbocycles. The molecular weight excluding hydrogens is 327 g/mol. The highest BCUT2D eigenvalue weighted by atomic mass is 19.4. The summed E-state index contributed by atoms with van der Waals surface area (Å²) in [4.78, 5) is 14.5. The summed E-state index contributed by atoms with van der Waals surface area (Å²) < 4.78 is 37.9. The molecule has 2 nitrogen and oxygen atoms in total. The molecule has 2 atom stereocenters. The maximum absolute atomic E-state index is 12.8. The first kappa shape index (κ1) is 17.3. The van der Waals surface area contributed by atoms with Crippen LogP contribution in [0.25, 0.3) is 0 Å². The molecule has 1 aliphatic carbocycles. The summed E-state index contributed by atoms with van der Waals surface area (Å²) in [6.07, 6.45) is -2.02. The summed E-state index contributed by atoms with van der Waals surface area (Å²) in [5.74, 6) is -0.237. The van der Waals surface area contributed by atoms with Crippen molar-refractivity contribution in [1.82, 2.24) is 0 Å². The van der Waals surface area contributed by atoms with Crippen molar-refractivity contribution in [3.05, 3.63) is 78.4 Å². The third-order valence-corrected chi connectivity index (χ3v) is 4.42. The Bertz CT molecular complexity index is 753. The Morgan fingerprint density at radius 3 is 2.32 bits per heavy atom. The van der Waals surface area contributed by atoms with Crippen LogP contribution in [0.15, 0.2) is 67.3 Å². The topological polar surface area (TPSA) is 20.3 Å². The zero-order valence-electron chi connectivity index (χ0n) is 13.5. The van der Waals surface area contributed by atoms with Gasteiger partial charge in [0.15, 0.2) is 0 Å². The molecule has 0 saturated heterocycles. The minimum atomic E-state index is -4.34. The molecule has 1 amide bonds. The fourth-order valence-corrected chi connectivity index (χ4v) is 3.02. The molecule has 1 saturated carbocycles. The number of para-hydroxylation sites is 1. The van der Waals surface area contributed by atoms with Crippen molar-refractivity contribution in [3.63, 3.8) is 0 Å². The Morgan fingerprint density at radius 1 is 1.12 bits per heavy atom. The highest BCUT2D eigenvalue weighted by Gasteiger charge is 2.46. The number of carbonyl (C=O) groups excluding carboxylic acids is 1. The van der Waals surface area contributed by atoms with Crippen LogP contribution in [0.2, 0.25) is 0 Å². The average molecular weight is 345 g/mol. The van der Waals surface area contributed by atoms with Gasteiger partial charge in [-0.05, 0) is 42.2 Å². The van der Waals surface area contributed by atoms with Crippen molar-refractivity contribution in [2.24, 2.45) is 5.92 Å². The fraction of sp³-hybridized carbons (Fsp3) is 0.250.